The zero-order valence-corrected chi connectivity index (χ0v) is 7.43. The van der Waals surface area contributed by atoms with Gasteiger partial charge in [-0.05, 0) is 29.1 Å². The summed E-state index contributed by atoms with van der Waals surface area (Å²) in [6.07, 6.45) is 2.04. The van der Waals surface area contributed by atoms with Crippen molar-refractivity contribution in [1.82, 2.24) is 0 Å². The topological polar surface area (TPSA) is 0 Å². The Labute approximate surface area is 69.7 Å². The van der Waals surface area contributed by atoms with Crippen LogP contribution in [0, 0.1) is 6.92 Å². The Morgan fingerprint density at radius 3 is 2.60 bits per heavy atom. The second kappa shape index (κ2) is 3.57. The van der Waals surface area contributed by atoms with E-state index in [4.69, 9.17) is 0 Å². The lowest BCUT2D eigenvalue weighted by atomic mass is 10.1. The molecule has 0 heterocycles. The van der Waals surface area contributed by atoms with Gasteiger partial charge in [-0.3, -0.25) is 0 Å². The summed E-state index contributed by atoms with van der Waals surface area (Å²) in [4.78, 5) is 1.87. The van der Waals surface area contributed by atoms with Gasteiger partial charge in [-0.1, -0.05) is 40.2 Å². The minimum absolute atomic E-state index is 1.26. The van der Waals surface area contributed by atoms with E-state index < -0.39 is 0 Å². The fraction of sp³-hybridized carbons (Fsp3) is 0.111. The van der Waals surface area contributed by atoms with Crippen molar-refractivity contribution in [3.63, 3.8) is 0 Å². The van der Waals surface area contributed by atoms with E-state index >= 15 is 0 Å². The first kappa shape index (κ1) is 7.55. The van der Waals surface area contributed by atoms with Gasteiger partial charge in [0.2, 0.25) is 0 Å². The first-order valence-corrected chi connectivity index (χ1v) is 4.08. The molecule has 0 bridgehead atoms. The first-order valence-electron chi connectivity index (χ1n) is 3.17. The molecular weight excluding hydrogens is 188 g/mol. The fourth-order valence-electron chi connectivity index (χ4n) is 0.842. The second-order valence-electron chi connectivity index (χ2n) is 2.15. The zero-order valence-electron chi connectivity index (χ0n) is 5.84. The second-order valence-corrected chi connectivity index (χ2v) is 2.68. The van der Waals surface area contributed by atoms with Gasteiger partial charge in [0, 0.05) is 0 Å². The van der Waals surface area contributed by atoms with Crippen LogP contribution in [0.1, 0.15) is 11.1 Å². The summed E-state index contributed by atoms with van der Waals surface area (Å²) in [7, 11) is 0. The van der Waals surface area contributed by atoms with Gasteiger partial charge in [0.15, 0.2) is 0 Å². The summed E-state index contributed by atoms with van der Waals surface area (Å²) in [5, 5.41) is 0. The van der Waals surface area contributed by atoms with E-state index in [-0.39, 0.29) is 0 Å². The normalized spacial score (nSPS) is 10.6. The highest BCUT2D eigenvalue weighted by molar-refractivity contribution is 9.11. The van der Waals surface area contributed by atoms with Crippen LogP contribution in [0.5, 0.6) is 0 Å². The molecule has 0 N–H and O–H groups in total. The van der Waals surface area contributed by atoms with E-state index in [0.717, 1.165) is 0 Å². The Balaban J connectivity index is 3.03. The van der Waals surface area contributed by atoms with Crippen LogP contribution in [0.25, 0.3) is 6.08 Å². The highest BCUT2D eigenvalue weighted by Gasteiger charge is 1.88. The quantitative estimate of drug-likeness (QED) is 0.647. The van der Waals surface area contributed by atoms with Gasteiger partial charge in [-0.2, -0.15) is 0 Å². The van der Waals surface area contributed by atoms with E-state index in [0.29, 0.717) is 0 Å². The van der Waals surface area contributed by atoms with Gasteiger partial charge in [0.05, 0.1) is 0 Å². The van der Waals surface area contributed by atoms with E-state index in [2.05, 4.69) is 35.0 Å². The molecule has 10 heavy (non-hydrogen) atoms. The summed E-state index contributed by atoms with van der Waals surface area (Å²) in [6, 6.07) is 8.27. The number of rotatable bonds is 1. The van der Waals surface area contributed by atoms with Crippen LogP contribution in [0.4, 0.5) is 0 Å². The third-order valence-electron chi connectivity index (χ3n) is 1.43. The van der Waals surface area contributed by atoms with Gasteiger partial charge in [0.25, 0.3) is 0 Å². The SMILES string of the molecule is Cc1ccccc1/C=C/Br. The molecule has 1 aromatic rings. The summed E-state index contributed by atoms with van der Waals surface area (Å²) in [5.74, 6) is 0. The number of halogens is 1. The van der Waals surface area contributed by atoms with Crippen molar-refractivity contribution in [3.8, 4) is 0 Å². The Morgan fingerprint density at radius 1 is 1.30 bits per heavy atom. The van der Waals surface area contributed by atoms with Crippen molar-refractivity contribution in [1.29, 1.82) is 0 Å². The van der Waals surface area contributed by atoms with Crippen LogP contribution in [-0.4, -0.2) is 0 Å². The minimum Gasteiger partial charge on any atom is -0.0620 e. The molecule has 0 atom stereocenters. The molecule has 1 aromatic carbocycles. The Hall–Kier alpha value is -0.560. The molecule has 0 saturated heterocycles. The number of aryl methyl sites for hydroxylation is 1. The molecule has 0 amide bonds. The lowest BCUT2D eigenvalue weighted by molar-refractivity contribution is 1.45. The third-order valence-corrected chi connectivity index (χ3v) is 1.70. The van der Waals surface area contributed by atoms with Crippen molar-refractivity contribution in [2.75, 3.05) is 0 Å². The van der Waals surface area contributed by atoms with Gasteiger partial charge in [0.1, 0.15) is 0 Å². The fourth-order valence-corrected chi connectivity index (χ4v) is 1.13. The van der Waals surface area contributed by atoms with Gasteiger partial charge in [-0.25, -0.2) is 0 Å². The number of benzene rings is 1. The monoisotopic (exact) mass is 196 g/mol. The average Bonchev–Trinajstić information content (AvgIpc) is 1.94. The van der Waals surface area contributed by atoms with Crippen molar-refractivity contribution >= 4 is 22.0 Å². The summed E-state index contributed by atoms with van der Waals surface area (Å²) >= 11 is 3.24. The molecule has 1 rings (SSSR count). The van der Waals surface area contributed by atoms with Gasteiger partial charge < -0.3 is 0 Å². The van der Waals surface area contributed by atoms with Gasteiger partial charge in [-0.15, -0.1) is 0 Å². The van der Waals surface area contributed by atoms with Crippen LogP contribution < -0.4 is 0 Å². The maximum atomic E-state index is 3.24. The van der Waals surface area contributed by atoms with Crippen LogP contribution in [0.3, 0.4) is 0 Å². The predicted octanol–water partition coefficient (Wildman–Crippen LogP) is 3.36. The van der Waals surface area contributed by atoms with Crippen LogP contribution in [-0.2, 0) is 0 Å². The molecule has 0 aromatic heterocycles. The van der Waals surface area contributed by atoms with Crippen molar-refractivity contribution in [3.05, 3.63) is 40.4 Å². The molecule has 0 aliphatic carbocycles. The molecule has 52 valence electrons. The minimum atomic E-state index is 1.26. The standard InChI is InChI=1S/C9H9Br/c1-8-4-2-3-5-9(8)6-7-10/h2-7H,1H3/b7-6+. The molecule has 0 saturated carbocycles. The van der Waals surface area contributed by atoms with Crippen molar-refractivity contribution < 1.29 is 0 Å². The van der Waals surface area contributed by atoms with E-state index in [1.807, 2.05) is 23.2 Å². The molecule has 0 unspecified atom stereocenters. The third kappa shape index (κ3) is 1.71. The molecular formula is C9H9Br. The van der Waals surface area contributed by atoms with E-state index in [1.165, 1.54) is 11.1 Å². The lowest BCUT2D eigenvalue weighted by Crippen LogP contribution is -1.76. The number of hydrogen-bond acceptors (Lipinski definition) is 0. The van der Waals surface area contributed by atoms with Crippen molar-refractivity contribution in [2.45, 2.75) is 6.92 Å². The smallest absolute Gasteiger partial charge is 0.0183 e. The van der Waals surface area contributed by atoms with Crippen LogP contribution in [0.2, 0.25) is 0 Å². The zero-order chi connectivity index (χ0) is 7.40. The highest BCUT2D eigenvalue weighted by Crippen LogP contribution is 2.09. The van der Waals surface area contributed by atoms with E-state index in [1.54, 1.807) is 0 Å². The van der Waals surface area contributed by atoms with E-state index in [9.17, 15) is 0 Å². The van der Waals surface area contributed by atoms with Gasteiger partial charge >= 0.3 is 0 Å². The lowest BCUT2D eigenvalue weighted by Gasteiger charge is -1.95. The largest absolute Gasteiger partial charge is 0.0620 e. The first-order chi connectivity index (χ1) is 4.84. The highest BCUT2D eigenvalue weighted by atomic mass is 79.9. The molecule has 0 aliphatic heterocycles. The summed E-state index contributed by atoms with van der Waals surface area (Å²) < 4.78 is 0. The van der Waals surface area contributed by atoms with Crippen molar-refractivity contribution in [2.24, 2.45) is 0 Å². The molecule has 1 heteroatoms. The molecule has 0 spiro atoms. The maximum Gasteiger partial charge on any atom is -0.0183 e. The molecule has 0 aliphatic rings. The molecule has 0 nitrogen and oxygen atoms in total. The Bertz CT molecular complexity index is 238. The number of hydrogen-bond donors (Lipinski definition) is 0. The molecule has 0 fully saturated rings. The summed E-state index contributed by atoms with van der Waals surface area (Å²) in [6.45, 7) is 2.10. The Kier molecular flexibility index (Phi) is 2.69. The average molecular weight is 197 g/mol. The van der Waals surface area contributed by atoms with Crippen LogP contribution in [0.15, 0.2) is 29.3 Å². The summed E-state index contributed by atoms with van der Waals surface area (Å²) in [5.41, 5.74) is 2.57. The van der Waals surface area contributed by atoms with Crippen LogP contribution >= 0.6 is 15.9 Å². The molecule has 0 radical (unpaired) electrons. The Morgan fingerprint density at radius 2 is 2.00 bits per heavy atom. The maximum absolute atomic E-state index is 3.24. The predicted molar refractivity (Wildman–Crippen MR) is 49.1 cm³/mol.